The summed E-state index contributed by atoms with van der Waals surface area (Å²) in [6.45, 7) is 5.64. The first-order chi connectivity index (χ1) is 6.83. The van der Waals surface area contributed by atoms with Crippen LogP contribution in [-0.4, -0.2) is 32.3 Å². The van der Waals surface area contributed by atoms with Crippen LogP contribution in [0.4, 0.5) is 0 Å². The van der Waals surface area contributed by atoms with Gasteiger partial charge in [0, 0.05) is 26.3 Å². The fourth-order valence-corrected chi connectivity index (χ4v) is 1.50. The Balaban J connectivity index is 2.02. The molecule has 82 valence electrons. The zero-order valence-electron chi connectivity index (χ0n) is 8.96. The summed E-state index contributed by atoms with van der Waals surface area (Å²) in [6, 6.07) is 0. The highest BCUT2D eigenvalue weighted by Crippen LogP contribution is 2.14. The molecule has 1 aliphatic heterocycles. The third kappa shape index (κ3) is 4.46. The number of nitrogens with two attached hydrogens (primary N) is 1. The number of rotatable bonds is 5. The molecule has 0 aliphatic carbocycles. The molecule has 14 heavy (non-hydrogen) atoms. The molecule has 1 fully saturated rings. The average molecular weight is 199 g/mol. The third-order valence-electron chi connectivity index (χ3n) is 2.39. The zero-order valence-corrected chi connectivity index (χ0v) is 8.96. The number of hydrogen-bond acceptors (Lipinski definition) is 2. The Morgan fingerprint density at radius 2 is 2.50 bits per heavy atom. The van der Waals surface area contributed by atoms with Gasteiger partial charge in [0.15, 0.2) is 5.96 Å². The van der Waals surface area contributed by atoms with E-state index in [0.29, 0.717) is 11.9 Å². The van der Waals surface area contributed by atoms with E-state index in [9.17, 15) is 0 Å². The third-order valence-corrected chi connectivity index (χ3v) is 2.39. The number of hydrogen-bond donors (Lipinski definition) is 2. The second-order valence-corrected chi connectivity index (χ2v) is 3.71. The summed E-state index contributed by atoms with van der Waals surface area (Å²) in [5, 5.41) is 3.12. The van der Waals surface area contributed by atoms with Gasteiger partial charge in [-0.1, -0.05) is 6.92 Å². The molecular formula is C10H21N3O. The second kappa shape index (κ2) is 6.65. The second-order valence-electron chi connectivity index (χ2n) is 3.71. The molecule has 0 aromatic heterocycles. The van der Waals surface area contributed by atoms with Gasteiger partial charge >= 0.3 is 0 Å². The van der Waals surface area contributed by atoms with E-state index in [1.165, 1.54) is 6.42 Å². The minimum Gasteiger partial charge on any atom is -0.381 e. The first-order valence-corrected chi connectivity index (χ1v) is 5.44. The van der Waals surface area contributed by atoms with Crippen LogP contribution in [0.2, 0.25) is 0 Å². The van der Waals surface area contributed by atoms with Crippen LogP contribution in [0.25, 0.3) is 0 Å². The maximum atomic E-state index is 5.65. The van der Waals surface area contributed by atoms with E-state index in [1.807, 2.05) is 0 Å². The summed E-state index contributed by atoms with van der Waals surface area (Å²) < 4.78 is 5.29. The Morgan fingerprint density at radius 3 is 3.14 bits per heavy atom. The summed E-state index contributed by atoms with van der Waals surface area (Å²) in [4.78, 5) is 4.16. The van der Waals surface area contributed by atoms with Crippen molar-refractivity contribution >= 4 is 5.96 Å². The topological polar surface area (TPSA) is 59.6 Å². The minimum atomic E-state index is 0.575. The SMILES string of the molecule is CCCN=C(N)NCCC1CCOC1. The van der Waals surface area contributed by atoms with Crippen molar-refractivity contribution in [2.45, 2.75) is 26.2 Å². The van der Waals surface area contributed by atoms with Gasteiger partial charge in [-0.25, -0.2) is 0 Å². The summed E-state index contributed by atoms with van der Waals surface area (Å²) in [5.74, 6) is 1.28. The standard InChI is InChI=1S/C10H21N3O/c1-2-5-12-10(11)13-6-3-9-4-7-14-8-9/h9H,2-8H2,1H3,(H3,11,12,13). The molecular weight excluding hydrogens is 178 g/mol. The quantitative estimate of drug-likeness (QED) is 0.507. The number of nitrogens with zero attached hydrogens (tertiary/aromatic N) is 1. The summed E-state index contributed by atoms with van der Waals surface area (Å²) in [5.41, 5.74) is 5.65. The fourth-order valence-electron chi connectivity index (χ4n) is 1.50. The Hall–Kier alpha value is -0.770. The summed E-state index contributed by atoms with van der Waals surface area (Å²) >= 11 is 0. The van der Waals surface area contributed by atoms with Gasteiger partial charge < -0.3 is 15.8 Å². The van der Waals surface area contributed by atoms with Crippen molar-refractivity contribution in [2.24, 2.45) is 16.6 Å². The maximum absolute atomic E-state index is 5.65. The maximum Gasteiger partial charge on any atom is 0.188 e. The Bertz CT molecular complexity index is 176. The monoisotopic (exact) mass is 199 g/mol. The van der Waals surface area contributed by atoms with Crippen LogP contribution < -0.4 is 11.1 Å². The number of aliphatic imine (C=N–C) groups is 1. The molecule has 1 atom stereocenters. The highest BCUT2D eigenvalue weighted by Gasteiger charge is 2.14. The van der Waals surface area contributed by atoms with Gasteiger partial charge in [-0.15, -0.1) is 0 Å². The van der Waals surface area contributed by atoms with E-state index in [4.69, 9.17) is 10.5 Å². The van der Waals surface area contributed by atoms with Gasteiger partial charge in [0.2, 0.25) is 0 Å². The smallest absolute Gasteiger partial charge is 0.188 e. The van der Waals surface area contributed by atoms with Gasteiger partial charge in [-0.3, -0.25) is 4.99 Å². The van der Waals surface area contributed by atoms with Crippen molar-refractivity contribution < 1.29 is 4.74 Å². The van der Waals surface area contributed by atoms with E-state index in [2.05, 4.69) is 17.2 Å². The number of guanidine groups is 1. The Morgan fingerprint density at radius 1 is 1.64 bits per heavy atom. The molecule has 1 unspecified atom stereocenters. The summed E-state index contributed by atoms with van der Waals surface area (Å²) in [7, 11) is 0. The van der Waals surface area contributed by atoms with Gasteiger partial charge in [-0.05, 0) is 25.2 Å². The fraction of sp³-hybridized carbons (Fsp3) is 0.900. The van der Waals surface area contributed by atoms with Gasteiger partial charge in [0.25, 0.3) is 0 Å². The van der Waals surface area contributed by atoms with Crippen molar-refractivity contribution in [1.29, 1.82) is 0 Å². The highest BCUT2D eigenvalue weighted by molar-refractivity contribution is 5.77. The zero-order chi connectivity index (χ0) is 10.2. The lowest BCUT2D eigenvalue weighted by molar-refractivity contribution is 0.184. The molecule has 1 heterocycles. The van der Waals surface area contributed by atoms with Crippen molar-refractivity contribution in [3.63, 3.8) is 0 Å². The van der Waals surface area contributed by atoms with Gasteiger partial charge in [0.05, 0.1) is 0 Å². The molecule has 4 heteroatoms. The average Bonchev–Trinajstić information content (AvgIpc) is 2.67. The van der Waals surface area contributed by atoms with E-state index in [0.717, 1.165) is 39.1 Å². The molecule has 0 amide bonds. The molecule has 1 rings (SSSR count). The molecule has 0 aromatic rings. The van der Waals surface area contributed by atoms with Crippen LogP contribution in [0.15, 0.2) is 4.99 Å². The normalized spacial score (nSPS) is 22.6. The lowest BCUT2D eigenvalue weighted by Crippen LogP contribution is -2.33. The molecule has 0 spiro atoms. The first kappa shape index (κ1) is 11.3. The van der Waals surface area contributed by atoms with Crippen molar-refractivity contribution in [1.82, 2.24) is 5.32 Å². The van der Waals surface area contributed by atoms with Crippen LogP contribution in [-0.2, 0) is 4.74 Å². The van der Waals surface area contributed by atoms with Crippen LogP contribution in [0.3, 0.4) is 0 Å². The van der Waals surface area contributed by atoms with Gasteiger partial charge in [0.1, 0.15) is 0 Å². The van der Waals surface area contributed by atoms with E-state index in [1.54, 1.807) is 0 Å². The van der Waals surface area contributed by atoms with Crippen LogP contribution in [0.5, 0.6) is 0 Å². The van der Waals surface area contributed by atoms with Crippen LogP contribution in [0, 0.1) is 5.92 Å². The molecule has 0 aromatic carbocycles. The van der Waals surface area contributed by atoms with Crippen molar-refractivity contribution in [3.8, 4) is 0 Å². The molecule has 4 nitrogen and oxygen atoms in total. The molecule has 0 saturated carbocycles. The van der Waals surface area contributed by atoms with E-state index >= 15 is 0 Å². The van der Waals surface area contributed by atoms with Gasteiger partial charge in [-0.2, -0.15) is 0 Å². The van der Waals surface area contributed by atoms with E-state index < -0.39 is 0 Å². The molecule has 1 saturated heterocycles. The summed E-state index contributed by atoms with van der Waals surface area (Å²) in [6.07, 6.45) is 3.36. The Kier molecular flexibility index (Phi) is 5.37. The lowest BCUT2D eigenvalue weighted by atomic mass is 10.1. The highest BCUT2D eigenvalue weighted by atomic mass is 16.5. The molecule has 0 bridgehead atoms. The van der Waals surface area contributed by atoms with E-state index in [-0.39, 0.29) is 0 Å². The lowest BCUT2D eigenvalue weighted by Gasteiger charge is -2.08. The minimum absolute atomic E-state index is 0.575. The molecule has 1 aliphatic rings. The largest absolute Gasteiger partial charge is 0.381 e. The number of ether oxygens (including phenoxy) is 1. The first-order valence-electron chi connectivity index (χ1n) is 5.44. The predicted molar refractivity (Wildman–Crippen MR) is 58.3 cm³/mol. The Labute approximate surface area is 85.9 Å². The van der Waals surface area contributed by atoms with Crippen molar-refractivity contribution in [3.05, 3.63) is 0 Å². The number of nitrogens with one attached hydrogen (secondary N) is 1. The van der Waals surface area contributed by atoms with Crippen molar-refractivity contribution in [2.75, 3.05) is 26.3 Å². The van der Waals surface area contributed by atoms with Crippen LogP contribution in [0.1, 0.15) is 26.2 Å². The predicted octanol–water partition coefficient (Wildman–Crippen LogP) is 0.727. The molecule has 0 radical (unpaired) electrons. The van der Waals surface area contributed by atoms with Crippen LogP contribution >= 0.6 is 0 Å². The molecule has 3 N–H and O–H groups in total.